The molecule has 0 radical (unpaired) electrons. The molecule has 1 saturated heterocycles. The fourth-order valence-electron chi connectivity index (χ4n) is 2.93. The van der Waals surface area contributed by atoms with E-state index in [1.54, 1.807) is 18.2 Å². The minimum absolute atomic E-state index is 0.156. The Morgan fingerprint density at radius 1 is 1.11 bits per heavy atom. The predicted octanol–water partition coefficient (Wildman–Crippen LogP) is 3.90. The molecule has 0 spiro atoms. The third-order valence-corrected chi connectivity index (χ3v) is 7.51. The second-order valence-electron chi connectivity index (χ2n) is 6.70. The van der Waals surface area contributed by atoms with E-state index in [9.17, 15) is 13.2 Å². The second-order valence-corrected chi connectivity index (χ2v) is 10.1. The molecule has 1 fully saturated rings. The van der Waals surface area contributed by atoms with Crippen molar-refractivity contribution >= 4 is 33.4 Å². The Morgan fingerprint density at radius 2 is 1.78 bits per heavy atom. The molecule has 1 N–H and O–H groups in total. The van der Waals surface area contributed by atoms with Gasteiger partial charge in [-0.1, -0.05) is 23.8 Å². The molecule has 3 rings (SSSR count). The first-order valence-electron chi connectivity index (χ1n) is 9.01. The number of hydrogen-bond acceptors (Lipinski definition) is 4. The van der Waals surface area contributed by atoms with E-state index in [1.165, 1.54) is 27.7 Å². The van der Waals surface area contributed by atoms with Crippen LogP contribution in [0.2, 0.25) is 0 Å². The van der Waals surface area contributed by atoms with Crippen molar-refractivity contribution in [3.8, 4) is 0 Å². The molecule has 1 aliphatic heterocycles. The second kappa shape index (κ2) is 8.46. The number of rotatable bonds is 6. The molecule has 2 aromatic rings. The van der Waals surface area contributed by atoms with Crippen molar-refractivity contribution < 1.29 is 13.2 Å². The monoisotopic (exact) mass is 404 g/mol. The Morgan fingerprint density at radius 3 is 2.44 bits per heavy atom. The van der Waals surface area contributed by atoms with E-state index in [-0.39, 0.29) is 16.1 Å². The van der Waals surface area contributed by atoms with Crippen LogP contribution in [0.15, 0.2) is 58.3 Å². The van der Waals surface area contributed by atoms with E-state index in [0.717, 1.165) is 17.7 Å². The largest absolute Gasteiger partial charge is 0.325 e. The highest BCUT2D eigenvalue weighted by Crippen LogP contribution is 2.26. The van der Waals surface area contributed by atoms with Gasteiger partial charge in [0.1, 0.15) is 0 Å². The highest BCUT2D eigenvalue weighted by Gasteiger charge is 2.27. The maximum atomic E-state index is 12.7. The lowest BCUT2D eigenvalue weighted by molar-refractivity contribution is -0.115. The van der Waals surface area contributed by atoms with E-state index in [1.807, 2.05) is 38.1 Å². The summed E-state index contributed by atoms with van der Waals surface area (Å²) in [6, 6.07) is 14.5. The summed E-state index contributed by atoms with van der Waals surface area (Å²) >= 11 is 1.47. The van der Waals surface area contributed by atoms with Gasteiger partial charge in [0.2, 0.25) is 15.9 Å². The van der Waals surface area contributed by atoms with Crippen molar-refractivity contribution in [1.29, 1.82) is 0 Å². The van der Waals surface area contributed by atoms with Crippen LogP contribution in [0.4, 0.5) is 5.69 Å². The molecule has 0 unspecified atom stereocenters. The summed E-state index contributed by atoms with van der Waals surface area (Å²) in [5.41, 5.74) is 1.67. The summed E-state index contributed by atoms with van der Waals surface area (Å²) in [5.74, 6) is -0.156. The fourth-order valence-corrected chi connectivity index (χ4v) is 5.36. The van der Waals surface area contributed by atoms with E-state index >= 15 is 0 Å². The van der Waals surface area contributed by atoms with Crippen LogP contribution in [0.1, 0.15) is 25.3 Å². The molecule has 144 valence electrons. The Hall–Kier alpha value is -1.83. The molecule has 7 heteroatoms. The van der Waals surface area contributed by atoms with Crippen LogP contribution in [-0.2, 0) is 14.8 Å². The summed E-state index contributed by atoms with van der Waals surface area (Å²) in [6.07, 6.45) is 1.78. The lowest BCUT2D eigenvalue weighted by Gasteiger charge is -2.17. The number of carbonyl (C=O) groups is 1. The predicted molar refractivity (Wildman–Crippen MR) is 110 cm³/mol. The van der Waals surface area contributed by atoms with Gasteiger partial charge in [-0.2, -0.15) is 4.31 Å². The van der Waals surface area contributed by atoms with Crippen molar-refractivity contribution in [2.24, 2.45) is 0 Å². The average molecular weight is 405 g/mol. The summed E-state index contributed by atoms with van der Waals surface area (Å²) in [7, 11) is -3.49. The van der Waals surface area contributed by atoms with Gasteiger partial charge in [0.05, 0.1) is 10.1 Å². The van der Waals surface area contributed by atoms with Gasteiger partial charge in [0.25, 0.3) is 0 Å². The standard InChI is InChI=1S/C20H24N2O3S2/c1-15-8-10-18(11-9-15)26-16(2)20(23)21-17-6-5-7-19(14-17)27(24,25)22-12-3-4-13-22/h5-11,14,16H,3-4,12-13H2,1-2H3,(H,21,23)/t16-/m1/s1. The SMILES string of the molecule is Cc1ccc(S[C@H](C)C(=O)Nc2cccc(S(=O)(=O)N3CCCC3)c2)cc1. The molecule has 0 aliphatic carbocycles. The number of benzene rings is 2. The Kier molecular flexibility index (Phi) is 6.24. The van der Waals surface area contributed by atoms with Crippen molar-refractivity contribution in [2.45, 2.75) is 41.7 Å². The van der Waals surface area contributed by atoms with Gasteiger partial charge in [-0.3, -0.25) is 4.79 Å². The quantitative estimate of drug-likeness (QED) is 0.742. The molecule has 1 heterocycles. The van der Waals surface area contributed by atoms with E-state index in [0.29, 0.717) is 18.8 Å². The van der Waals surface area contributed by atoms with Crippen LogP contribution in [0.5, 0.6) is 0 Å². The van der Waals surface area contributed by atoms with Gasteiger partial charge in [-0.25, -0.2) is 8.42 Å². The number of amides is 1. The molecular formula is C20H24N2O3S2. The minimum atomic E-state index is -3.49. The average Bonchev–Trinajstić information content (AvgIpc) is 3.19. The van der Waals surface area contributed by atoms with Crippen LogP contribution >= 0.6 is 11.8 Å². The first-order valence-corrected chi connectivity index (χ1v) is 11.3. The van der Waals surface area contributed by atoms with Crippen molar-refractivity contribution in [2.75, 3.05) is 18.4 Å². The maximum absolute atomic E-state index is 12.7. The summed E-state index contributed by atoms with van der Waals surface area (Å²) in [6.45, 7) is 4.98. The molecule has 0 saturated carbocycles. The Balaban J connectivity index is 1.68. The third-order valence-electron chi connectivity index (χ3n) is 4.51. The van der Waals surface area contributed by atoms with Crippen LogP contribution in [0, 0.1) is 6.92 Å². The molecule has 27 heavy (non-hydrogen) atoms. The first-order chi connectivity index (χ1) is 12.9. The third kappa shape index (κ3) is 4.91. The highest BCUT2D eigenvalue weighted by molar-refractivity contribution is 8.00. The zero-order valence-electron chi connectivity index (χ0n) is 15.5. The van der Waals surface area contributed by atoms with Crippen LogP contribution in [0.25, 0.3) is 0 Å². The normalized spacial score (nSPS) is 16.2. The lowest BCUT2D eigenvalue weighted by atomic mass is 10.2. The van der Waals surface area contributed by atoms with Crippen LogP contribution < -0.4 is 5.32 Å². The zero-order valence-corrected chi connectivity index (χ0v) is 17.1. The Bertz CT molecular complexity index is 905. The van der Waals surface area contributed by atoms with Gasteiger partial charge in [-0.15, -0.1) is 11.8 Å². The zero-order chi connectivity index (χ0) is 19.4. The number of aryl methyl sites for hydroxylation is 1. The number of thioether (sulfide) groups is 1. The summed E-state index contributed by atoms with van der Waals surface area (Å²) in [5, 5.41) is 2.53. The number of anilines is 1. The smallest absolute Gasteiger partial charge is 0.243 e. The summed E-state index contributed by atoms with van der Waals surface area (Å²) in [4.78, 5) is 13.8. The number of carbonyl (C=O) groups excluding carboxylic acids is 1. The highest BCUT2D eigenvalue weighted by atomic mass is 32.2. The van der Waals surface area contributed by atoms with E-state index in [4.69, 9.17) is 0 Å². The number of sulfonamides is 1. The van der Waals surface area contributed by atoms with Crippen LogP contribution in [-0.4, -0.2) is 37.0 Å². The van der Waals surface area contributed by atoms with Crippen molar-refractivity contribution in [3.63, 3.8) is 0 Å². The number of hydrogen-bond donors (Lipinski definition) is 1. The van der Waals surface area contributed by atoms with Gasteiger partial charge in [0, 0.05) is 23.7 Å². The molecule has 1 atom stereocenters. The molecule has 0 bridgehead atoms. The molecule has 1 aliphatic rings. The molecule has 5 nitrogen and oxygen atoms in total. The maximum Gasteiger partial charge on any atom is 0.243 e. The van der Waals surface area contributed by atoms with Gasteiger partial charge in [0.15, 0.2) is 0 Å². The van der Waals surface area contributed by atoms with E-state index in [2.05, 4.69) is 5.32 Å². The topological polar surface area (TPSA) is 66.5 Å². The van der Waals surface area contributed by atoms with Gasteiger partial charge < -0.3 is 5.32 Å². The van der Waals surface area contributed by atoms with Gasteiger partial charge >= 0.3 is 0 Å². The number of nitrogens with one attached hydrogen (secondary N) is 1. The molecule has 0 aromatic heterocycles. The Labute approximate surface area is 165 Å². The number of nitrogens with zero attached hydrogens (tertiary/aromatic N) is 1. The van der Waals surface area contributed by atoms with Gasteiger partial charge in [-0.05, 0) is 57.0 Å². The van der Waals surface area contributed by atoms with Crippen LogP contribution in [0.3, 0.4) is 0 Å². The van der Waals surface area contributed by atoms with Crippen molar-refractivity contribution in [3.05, 3.63) is 54.1 Å². The first kappa shape index (κ1) is 19.9. The lowest BCUT2D eigenvalue weighted by Crippen LogP contribution is -2.28. The minimum Gasteiger partial charge on any atom is -0.325 e. The summed E-state index contributed by atoms with van der Waals surface area (Å²) < 4.78 is 26.9. The van der Waals surface area contributed by atoms with E-state index < -0.39 is 10.0 Å². The molecular weight excluding hydrogens is 380 g/mol. The molecule has 1 amide bonds. The van der Waals surface area contributed by atoms with Crippen molar-refractivity contribution in [1.82, 2.24) is 4.31 Å². The molecule has 2 aromatic carbocycles. The fraction of sp³-hybridized carbons (Fsp3) is 0.350.